The van der Waals surface area contributed by atoms with Crippen molar-refractivity contribution in [2.45, 2.75) is 120 Å². The highest BCUT2D eigenvalue weighted by atomic mass is 31.2. The SMILES string of the molecule is O=C(CC1CCCC1)N[C@H]1CCCCCCC[C@@H]2C[C@@]2(P(=O)(O)Cc2ccccc2)NC(=O)[C@@H]2CCCN2C1=O. The molecule has 0 spiro atoms. The van der Waals surface area contributed by atoms with Gasteiger partial charge in [0.1, 0.15) is 17.4 Å². The lowest BCUT2D eigenvalue weighted by Gasteiger charge is -2.32. The number of benzene rings is 1. The van der Waals surface area contributed by atoms with Crippen LogP contribution in [0.3, 0.4) is 0 Å². The van der Waals surface area contributed by atoms with Crippen LogP contribution >= 0.6 is 7.37 Å². The Hall–Kier alpha value is -2.18. The van der Waals surface area contributed by atoms with E-state index in [1.165, 1.54) is 12.8 Å². The lowest BCUT2D eigenvalue weighted by Crippen LogP contribution is -2.55. The Balaban J connectivity index is 1.33. The minimum atomic E-state index is -3.79. The first-order valence-electron chi connectivity index (χ1n) is 15.6. The maximum atomic E-state index is 13.9. The first-order valence-corrected chi connectivity index (χ1v) is 17.4. The van der Waals surface area contributed by atoms with E-state index in [4.69, 9.17) is 0 Å². The zero-order chi connectivity index (χ0) is 28.2. The molecule has 3 N–H and O–H groups in total. The Morgan fingerprint density at radius 2 is 1.62 bits per heavy atom. The first kappa shape index (κ1) is 29.3. The molecule has 2 heterocycles. The molecule has 8 nitrogen and oxygen atoms in total. The van der Waals surface area contributed by atoms with Gasteiger partial charge in [-0.1, -0.05) is 75.3 Å². The normalized spacial score (nSPS) is 31.7. The molecular formula is C31H46N3O5P. The Morgan fingerprint density at radius 3 is 2.38 bits per heavy atom. The van der Waals surface area contributed by atoms with Crippen LogP contribution in [0.2, 0.25) is 0 Å². The summed E-state index contributed by atoms with van der Waals surface area (Å²) in [6.07, 6.45) is 12.9. The van der Waals surface area contributed by atoms with Crippen molar-refractivity contribution in [2.75, 3.05) is 6.54 Å². The van der Waals surface area contributed by atoms with Crippen molar-refractivity contribution in [1.29, 1.82) is 0 Å². The molecule has 5 atom stereocenters. The van der Waals surface area contributed by atoms with Crippen molar-refractivity contribution in [3.8, 4) is 0 Å². The largest absolute Gasteiger partial charge is 0.344 e. The van der Waals surface area contributed by atoms with Crippen molar-refractivity contribution in [3.05, 3.63) is 35.9 Å². The summed E-state index contributed by atoms with van der Waals surface area (Å²) in [6.45, 7) is 0.461. The van der Waals surface area contributed by atoms with Gasteiger partial charge in [-0.3, -0.25) is 18.9 Å². The molecule has 2 aliphatic heterocycles. The maximum absolute atomic E-state index is 13.9. The molecule has 1 aromatic carbocycles. The van der Waals surface area contributed by atoms with E-state index >= 15 is 0 Å². The highest BCUT2D eigenvalue weighted by Crippen LogP contribution is 2.71. The molecule has 0 radical (unpaired) electrons. The molecule has 2 saturated heterocycles. The van der Waals surface area contributed by atoms with Crippen molar-refractivity contribution in [2.24, 2.45) is 11.8 Å². The minimum absolute atomic E-state index is 0.0209. The fourth-order valence-electron chi connectivity index (χ4n) is 7.35. The van der Waals surface area contributed by atoms with Crippen LogP contribution in [0.15, 0.2) is 30.3 Å². The molecule has 0 bridgehead atoms. The summed E-state index contributed by atoms with van der Waals surface area (Å²) in [5.41, 5.74) is 0.785. The van der Waals surface area contributed by atoms with E-state index in [0.717, 1.165) is 56.9 Å². The number of fused-ring (bicyclic) bond motifs is 2. The zero-order valence-corrected chi connectivity index (χ0v) is 24.6. The molecule has 1 unspecified atom stereocenters. The van der Waals surface area contributed by atoms with Crippen LogP contribution in [0, 0.1) is 11.8 Å². The molecule has 0 aromatic heterocycles. The van der Waals surface area contributed by atoms with E-state index < -0.39 is 24.7 Å². The van der Waals surface area contributed by atoms with Crippen LogP contribution in [0.4, 0.5) is 0 Å². The Bertz CT molecular complexity index is 1110. The monoisotopic (exact) mass is 571 g/mol. The second kappa shape index (κ2) is 12.8. The van der Waals surface area contributed by atoms with Crippen LogP contribution in [-0.2, 0) is 25.1 Å². The molecule has 40 heavy (non-hydrogen) atoms. The summed E-state index contributed by atoms with van der Waals surface area (Å²) in [4.78, 5) is 53.5. The van der Waals surface area contributed by atoms with E-state index in [0.29, 0.717) is 44.6 Å². The lowest BCUT2D eigenvalue weighted by molar-refractivity contribution is -0.141. The van der Waals surface area contributed by atoms with Gasteiger partial charge in [0.25, 0.3) is 0 Å². The van der Waals surface area contributed by atoms with Crippen LogP contribution in [0.1, 0.15) is 102 Å². The number of carbonyl (C=O) groups is 3. The van der Waals surface area contributed by atoms with E-state index in [1.807, 2.05) is 30.3 Å². The van der Waals surface area contributed by atoms with Gasteiger partial charge in [0.2, 0.25) is 25.1 Å². The van der Waals surface area contributed by atoms with Crippen LogP contribution in [0.25, 0.3) is 0 Å². The van der Waals surface area contributed by atoms with Crippen molar-refractivity contribution >= 4 is 25.1 Å². The third-order valence-electron chi connectivity index (χ3n) is 9.74. The third kappa shape index (κ3) is 6.65. The van der Waals surface area contributed by atoms with Gasteiger partial charge in [0.05, 0.1) is 6.16 Å². The second-order valence-electron chi connectivity index (χ2n) is 12.7. The predicted octanol–water partition coefficient (Wildman–Crippen LogP) is 5.09. The van der Waals surface area contributed by atoms with Crippen LogP contribution in [-0.4, -0.2) is 51.4 Å². The van der Waals surface area contributed by atoms with Gasteiger partial charge in [-0.2, -0.15) is 0 Å². The summed E-state index contributed by atoms with van der Waals surface area (Å²) >= 11 is 0. The van der Waals surface area contributed by atoms with Crippen molar-refractivity contribution in [3.63, 3.8) is 0 Å². The number of carbonyl (C=O) groups excluding carboxylic acids is 3. The third-order valence-corrected chi connectivity index (χ3v) is 12.4. The van der Waals surface area contributed by atoms with E-state index in [9.17, 15) is 23.8 Å². The summed E-state index contributed by atoms with van der Waals surface area (Å²) in [7, 11) is -3.79. The predicted molar refractivity (Wildman–Crippen MR) is 155 cm³/mol. The van der Waals surface area contributed by atoms with Gasteiger partial charge in [0.15, 0.2) is 0 Å². The van der Waals surface area contributed by atoms with Gasteiger partial charge in [0, 0.05) is 13.0 Å². The van der Waals surface area contributed by atoms with Crippen molar-refractivity contribution in [1.82, 2.24) is 15.5 Å². The smallest absolute Gasteiger partial charge is 0.245 e. The molecular weight excluding hydrogens is 525 g/mol. The van der Waals surface area contributed by atoms with Crippen LogP contribution in [0.5, 0.6) is 0 Å². The summed E-state index contributed by atoms with van der Waals surface area (Å²) in [6, 6.07) is 7.99. The Morgan fingerprint density at radius 1 is 0.950 bits per heavy atom. The van der Waals surface area contributed by atoms with Crippen LogP contribution < -0.4 is 10.6 Å². The number of hydrogen-bond acceptors (Lipinski definition) is 4. The zero-order valence-electron chi connectivity index (χ0n) is 23.7. The molecule has 5 rings (SSSR count). The second-order valence-corrected chi connectivity index (χ2v) is 15.2. The van der Waals surface area contributed by atoms with Gasteiger partial charge >= 0.3 is 0 Å². The van der Waals surface area contributed by atoms with Gasteiger partial charge in [-0.25, -0.2) is 0 Å². The number of hydrogen-bond donors (Lipinski definition) is 3. The highest BCUT2D eigenvalue weighted by molar-refractivity contribution is 7.59. The fourth-order valence-corrected chi connectivity index (χ4v) is 9.83. The topological polar surface area (TPSA) is 116 Å². The molecule has 9 heteroatoms. The van der Waals surface area contributed by atoms with Gasteiger partial charge in [-0.15, -0.1) is 0 Å². The molecule has 1 aromatic rings. The number of rotatable bonds is 6. The summed E-state index contributed by atoms with van der Waals surface area (Å²) in [5.74, 6) is -0.221. The number of nitrogens with one attached hydrogen (secondary N) is 2. The average molecular weight is 572 g/mol. The van der Waals surface area contributed by atoms with E-state index in [1.54, 1.807) is 4.90 Å². The average Bonchev–Trinajstić information content (AvgIpc) is 3.27. The summed E-state index contributed by atoms with van der Waals surface area (Å²) in [5, 5.41) is 4.97. The minimum Gasteiger partial charge on any atom is -0.344 e. The van der Waals surface area contributed by atoms with Gasteiger partial charge < -0.3 is 20.4 Å². The molecule has 220 valence electrons. The molecule has 2 aliphatic carbocycles. The van der Waals surface area contributed by atoms with Gasteiger partial charge in [-0.05, 0) is 62.3 Å². The standard InChI is InChI=1S/C31H46N3O5P/c35-28(20-23-12-9-10-13-23)32-26-17-8-3-1-2-7-16-25-21-31(25,40(38,39)22-24-14-5-4-6-15-24)33-29(36)27-18-11-19-34(27)30(26)37/h4-6,14-15,23,25-27H,1-3,7-13,16-22H2,(H,32,35)(H,33,36)(H,38,39)/t25-,26+,27+,31+/m1/s1. The molecule has 4 aliphatic rings. The quantitative estimate of drug-likeness (QED) is 0.412. The first-order chi connectivity index (χ1) is 19.3. The molecule has 2 saturated carbocycles. The lowest BCUT2D eigenvalue weighted by atomic mass is 10.0. The number of nitrogens with zero attached hydrogens (tertiary/aromatic N) is 1. The number of amides is 3. The fraction of sp³-hybridized carbons (Fsp3) is 0.710. The van der Waals surface area contributed by atoms with E-state index in [2.05, 4.69) is 10.6 Å². The molecule has 4 fully saturated rings. The Kier molecular flexibility index (Phi) is 9.36. The highest BCUT2D eigenvalue weighted by Gasteiger charge is 2.66. The molecule has 3 amide bonds. The van der Waals surface area contributed by atoms with E-state index in [-0.39, 0.29) is 29.8 Å². The Labute approximate surface area is 238 Å². The summed E-state index contributed by atoms with van der Waals surface area (Å²) < 4.78 is 13.9. The maximum Gasteiger partial charge on any atom is 0.245 e. The van der Waals surface area contributed by atoms with Crippen molar-refractivity contribution < 1.29 is 23.8 Å².